The summed E-state index contributed by atoms with van der Waals surface area (Å²) in [6.07, 6.45) is 4.66. The predicted octanol–water partition coefficient (Wildman–Crippen LogP) is 4.81. The lowest BCUT2D eigenvalue weighted by Gasteiger charge is -2.48. The minimum atomic E-state index is -1.83. The zero-order chi connectivity index (χ0) is 21.2. The molecule has 0 aromatic carbocycles. The van der Waals surface area contributed by atoms with Gasteiger partial charge in [-0.05, 0) is 26.5 Å². The highest BCUT2D eigenvalue weighted by molar-refractivity contribution is 6.74. The minimum Gasteiger partial charge on any atom is -0.562 e. The lowest BCUT2D eigenvalue weighted by Crippen LogP contribution is -2.41. The zero-order valence-electron chi connectivity index (χ0n) is 17.4. The fourth-order valence-electron chi connectivity index (χ4n) is 2.69. The molecule has 3 heterocycles. The molecule has 29 heavy (non-hydrogen) atoms. The van der Waals surface area contributed by atoms with Crippen LogP contribution in [0.25, 0.3) is 16.6 Å². The average Bonchev–Trinajstić information content (AvgIpc) is 3.07. The van der Waals surface area contributed by atoms with Crippen LogP contribution in [-0.4, -0.2) is 36.1 Å². The first-order chi connectivity index (χ1) is 13.6. The topological polar surface area (TPSA) is 72.4 Å². The lowest BCUT2D eigenvalue weighted by molar-refractivity contribution is 0.203. The van der Waals surface area contributed by atoms with Gasteiger partial charge < -0.3 is 9.16 Å². The molecular formula is C21H25FN4O2Si-. The highest BCUT2D eigenvalue weighted by atomic mass is 28.4. The number of pyridine rings is 2. The summed E-state index contributed by atoms with van der Waals surface area (Å²) in [5, 5.41) is 13.8. The second-order valence-electron chi connectivity index (χ2n) is 8.38. The Morgan fingerprint density at radius 1 is 1.21 bits per heavy atom. The van der Waals surface area contributed by atoms with Crippen LogP contribution in [0.5, 0.6) is 5.75 Å². The molecular weight excluding hydrogens is 387 g/mol. The largest absolute Gasteiger partial charge is 0.562 e. The number of rotatable bonds is 6. The summed E-state index contributed by atoms with van der Waals surface area (Å²) in [4.78, 5) is 3.72. The molecule has 0 atom stereocenters. The van der Waals surface area contributed by atoms with Gasteiger partial charge in [-0.2, -0.15) is 14.8 Å². The Morgan fingerprint density at radius 2 is 1.97 bits per heavy atom. The number of nitriles is 1. The third-order valence-electron chi connectivity index (χ3n) is 5.37. The summed E-state index contributed by atoms with van der Waals surface area (Å²) in [6.45, 7) is 11.9. The number of halogens is 1. The van der Waals surface area contributed by atoms with Gasteiger partial charge >= 0.3 is 0 Å². The van der Waals surface area contributed by atoms with Crippen LogP contribution in [0.4, 0.5) is 4.39 Å². The highest BCUT2D eigenvalue weighted by Gasteiger charge is 2.24. The maximum absolute atomic E-state index is 13.3. The van der Waals surface area contributed by atoms with E-state index in [0.29, 0.717) is 41.2 Å². The molecule has 0 aliphatic heterocycles. The van der Waals surface area contributed by atoms with Crippen LogP contribution in [0.1, 0.15) is 26.3 Å². The predicted molar refractivity (Wildman–Crippen MR) is 112 cm³/mol. The fourth-order valence-corrected chi connectivity index (χ4v) is 3.71. The van der Waals surface area contributed by atoms with Gasteiger partial charge in [-0.1, -0.05) is 20.8 Å². The summed E-state index contributed by atoms with van der Waals surface area (Å²) in [7, 11) is -1.83. The van der Waals surface area contributed by atoms with Gasteiger partial charge in [0.2, 0.25) is 5.95 Å². The molecule has 0 spiro atoms. The van der Waals surface area contributed by atoms with Crippen molar-refractivity contribution in [2.75, 3.05) is 13.2 Å². The van der Waals surface area contributed by atoms with Crippen LogP contribution < -0.4 is 4.74 Å². The normalized spacial score (nSPS) is 12.2. The van der Waals surface area contributed by atoms with E-state index in [1.54, 1.807) is 16.8 Å². The first-order valence-corrected chi connectivity index (χ1v) is 12.3. The summed E-state index contributed by atoms with van der Waals surface area (Å²) in [5.74, 6) is 0.0252. The summed E-state index contributed by atoms with van der Waals surface area (Å²) in [5.41, 5.74) is 2.44. The van der Waals surface area contributed by atoms with Crippen LogP contribution in [0.15, 0.2) is 36.8 Å². The molecule has 3 aromatic heterocycles. The Hall–Kier alpha value is -2.76. The Morgan fingerprint density at radius 3 is 2.59 bits per heavy atom. The molecule has 153 valence electrons. The molecule has 8 heteroatoms. The van der Waals surface area contributed by atoms with Crippen LogP contribution in [0.2, 0.25) is 18.1 Å². The van der Waals surface area contributed by atoms with E-state index in [9.17, 15) is 9.65 Å². The van der Waals surface area contributed by atoms with E-state index < -0.39 is 14.3 Å². The minimum absolute atomic E-state index is 0.136. The van der Waals surface area contributed by atoms with Crippen molar-refractivity contribution in [2.45, 2.75) is 38.9 Å². The standard InChI is InChI=1S/C21H25FN4O2Si/c1-21(2,3)29(4,5)28-9-8-27-17-10-18(15-6-7-19(22)24-12-15)20-16(11-23)13-25-26(20)14-17/h6-7,10,12-14H,8-9H2,1-5H3/q-1. The first-order valence-electron chi connectivity index (χ1n) is 9.42. The maximum Gasteiger partial charge on any atom is 0.212 e. The average molecular weight is 413 g/mol. The number of fused-ring (bicyclic) bond motifs is 1. The maximum atomic E-state index is 13.3. The molecule has 0 aliphatic rings. The van der Waals surface area contributed by atoms with E-state index in [1.165, 1.54) is 18.5 Å². The van der Waals surface area contributed by atoms with Crippen molar-refractivity contribution in [1.29, 1.82) is 5.26 Å². The van der Waals surface area contributed by atoms with Crippen molar-refractivity contribution in [1.82, 2.24) is 14.6 Å². The summed E-state index contributed by atoms with van der Waals surface area (Å²) in [6, 6.07) is 6.87. The molecule has 0 saturated carbocycles. The van der Waals surface area contributed by atoms with Crippen molar-refractivity contribution in [3.63, 3.8) is 0 Å². The number of hydrogen-bond acceptors (Lipinski definition) is 5. The van der Waals surface area contributed by atoms with E-state index in [2.05, 4.69) is 50.0 Å². The van der Waals surface area contributed by atoms with Gasteiger partial charge in [-0.25, -0.2) is 9.50 Å². The quantitative estimate of drug-likeness (QED) is 0.330. The van der Waals surface area contributed by atoms with E-state index in [1.807, 2.05) is 6.07 Å². The molecule has 0 aliphatic carbocycles. The molecule has 3 aromatic rings. The van der Waals surface area contributed by atoms with Crippen molar-refractivity contribution in [3.05, 3.63) is 48.3 Å². The molecule has 3 rings (SSSR count). The smallest absolute Gasteiger partial charge is 0.212 e. The molecule has 0 saturated heterocycles. The Bertz CT molecular complexity index is 1050. The Balaban J connectivity index is 1.85. The van der Waals surface area contributed by atoms with Crippen molar-refractivity contribution < 1.29 is 13.6 Å². The van der Waals surface area contributed by atoms with Crippen LogP contribution >= 0.6 is 0 Å². The SMILES string of the molecule is CC(C)(C)[Si-](C)(C)OCCOc1cc(-c2ccc(F)nc2)c2c(C#N)cnn2c1. The van der Waals surface area contributed by atoms with Gasteiger partial charge in [0.15, 0.2) is 0 Å². The molecule has 0 radical (unpaired) electrons. The van der Waals surface area contributed by atoms with E-state index in [4.69, 9.17) is 9.16 Å². The number of aromatic nitrogens is 3. The monoisotopic (exact) mass is 412 g/mol. The highest BCUT2D eigenvalue weighted by Crippen LogP contribution is 2.36. The zero-order valence-corrected chi connectivity index (χ0v) is 18.4. The van der Waals surface area contributed by atoms with Crippen molar-refractivity contribution >= 4 is 13.8 Å². The van der Waals surface area contributed by atoms with Gasteiger partial charge in [0.1, 0.15) is 18.4 Å². The Labute approximate surface area is 171 Å². The molecule has 0 bridgehead atoms. The van der Waals surface area contributed by atoms with E-state index in [-0.39, 0.29) is 5.04 Å². The number of nitrogens with zero attached hydrogens (tertiary/aromatic N) is 4. The first kappa shape index (κ1) is 21.0. The van der Waals surface area contributed by atoms with E-state index >= 15 is 0 Å². The van der Waals surface area contributed by atoms with Gasteiger partial charge in [-0.15, -0.1) is 18.1 Å². The van der Waals surface area contributed by atoms with Crippen LogP contribution in [-0.2, 0) is 4.43 Å². The van der Waals surface area contributed by atoms with E-state index in [0.717, 1.165) is 0 Å². The second-order valence-corrected chi connectivity index (χ2v) is 13.2. The molecule has 0 amide bonds. The molecule has 0 N–H and O–H groups in total. The summed E-state index contributed by atoms with van der Waals surface area (Å²) >= 11 is 0. The summed E-state index contributed by atoms with van der Waals surface area (Å²) < 4.78 is 26.9. The second kappa shape index (κ2) is 7.93. The van der Waals surface area contributed by atoms with Crippen LogP contribution in [0, 0.1) is 17.3 Å². The van der Waals surface area contributed by atoms with Gasteiger partial charge in [-0.3, -0.25) is 0 Å². The fraction of sp³-hybridized carbons (Fsp3) is 0.381. The van der Waals surface area contributed by atoms with Crippen molar-refractivity contribution in [3.8, 4) is 22.9 Å². The third-order valence-corrected chi connectivity index (χ3v) is 9.90. The molecule has 0 fully saturated rings. The number of ether oxygens (including phenoxy) is 1. The third kappa shape index (κ3) is 4.47. The molecule has 6 nitrogen and oxygen atoms in total. The van der Waals surface area contributed by atoms with Gasteiger partial charge in [0.25, 0.3) is 0 Å². The van der Waals surface area contributed by atoms with Gasteiger partial charge in [0, 0.05) is 23.9 Å². The lowest BCUT2D eigenvalue weighted by atomic mass is 10.1. The van der Waals surface area contributed by atoms with Crippen LogP contribution in [0.3, 0.4) is 0 Å². The Kier molecular flexibility index (Phi) is 5.73. The number of hydrogen-bond donors (Lipinski definition) is 0. The molecule has 0 unspecified atom stereocenters. The van der Waals surface area contributed by atoms with Gasteiger partial charge in [0.05, 0.1) is 23.5 Å². The van der Waals surface area contributed by atoms with Crippen molar-refractivity contribution in [2.24, 2.45) is 0 Å².